The van der Waals surface area contributed by atoms with Gasteiger partial charge in [-0.05, 0) is 63.1 Å². The molecule has 0 radical (unpaired) electrons. The van der Waals surface area contributed by atoms with Gasteiger partial charge in [-0.25, -0.2) is 14.4 Å². The molecule has 2 heterocycles. The van der Waals surface area contributed by atoms with Crippen molar-refractivity contribution in [2.45, 2.75) is 27.7 Å². The van der Waals surface area contributed by atoms with Gasteiger partial charge in [-0.15, -0.1) is 0 Å². The number of fused-ring (bicyclic) bond motifs is 1. The van der Waals surface area contributed by atoms with Crippen molar-refractivity contribution in [3.63, 3.8) is 0 Å². The van der Waals surface area contributed by atoms with Gasteiger partial charge in [-0.2, -0.15) is 4.98 Å². The molecule has 0 atom stereocenters. The number of para-hydroxylation sites is 1. The van der Waals surface area contributed by atoms with Gasteiger partial charge in [0.15, 0.2) is 11.6 Å². The summed E-state index contributed by atoms with van der Waals surface area (Å²) in [6.45, 7) is 6.98. The number of benzene rings is 2. The third kappa shape index (κ3) is 4.62. The highest BCUT2D eigenvalue weighted by atomic mass is 19.1. The molecular formula is C24H22FN3O5. The van der Waals surface area contributed by atoms with Gasteiger partial charge >= 0.3 is 12.0 Å². The second-order valence-corrected chi connectivity index (χ2v) is 8.31. The summed E-state index contributed by atoms with van der Waals surface area (Å²) in [5.74, 6) is -0.514. The number of aliphatic carboxylic acids is 1. The maximum absolute atomic E-state index is 13.8. The van der Waals surface area contributed by atoms with E-state index in [9.17, 15) is 14.3 Å². The van der Waals surface area contributed by atoms with Crippen molar-refractivity contribution in [2.24, 2.45) is 5.41 Å². The number of nitrogens with zero attached hydrogens (tertiary/aromatic N) is 3. The third-order valence-electron chi connectivity index (χ3n) is 5.03. The molecule has 0 spiro atoms. The minimum atomic E-state index is -1.01. The quantitative estimate of drug-likeness (QED) is 0.402. The molecule has 0 aliphatic heterocycles. The SMILES string of the molecule is Cc1cc(-c2nc3cnc(Oc4ccccc4F)nc3o2)cc(C)c1OCC(C)(C)C(=O)O. The summed E-state index contributed by atoms with van der Waals surface area (Å²) >= 11 is 0. The van der Waals surface area contributed by atoms with Crippen LogP contribution < -0.4 is 9.47 Å². The average molecular weight is 451 g/mol. The molecule has 2 aromatic carbocycles. The number of halogens is 1. The first-order valence-corrected chi connectivity index (χ1v) is 10.2. The third-order valence-corrected chi connectivity index (χ3v) is 5.03. The van der Waals surface area contributed by atoms with Crippen molar-refractivity contribution >= 4 is 17.2 Å². The summed E-state index contributed by atoms with van der Waals surface area (Å²) in [7, 11) is 0. The van der Waals surface area contributed by atoms with Crippen molar-refractivity contribution in [3.8, 4) is 29.0 Å². The fourth-order valence-corrected chi connectivity index (χ4v) is 3.13. The van der Waals surface area contributed by atoms with E-state index in [4.69, 9.17) is 13.9 Å². The Morgan fingerprint density at radius 2 is 1.85 bits per heavy atom. The number of rotatable bonds is 7. The molecule has 9 heteroatoms. The van der Waals surface area contributed by atoms with Gasteiger partial charge in [0.05, 0.1) is 11.6 Å². The van der Waals surface area contributed by atoms with Gasteiger partial charge in [-0.3, -0.25) is 4.79 Å². The van der Waals surface area contributed by atoms with Gasteiger partial charge in [0.25, 0.3) is 5.71 Å². The predicted molar refractivity (Wildman–Crippen MR) is 118 cm³/mol. The molecular weight excluding hydrogens is 429 g/mol. The number of carboxylic acid groups (broad SMARTS) is 1. The van der Waals surface area contributed by atoms with Crippen LogP contribution in [0.15, 0.2) is 47.0 Å². The van der Waals surface area contributed by atoms with Gasteiger partial charge in [0.1, 0.15) is 17.9 Å². The smallest absolute Gasteiger partial charge is 0.325 e. The van der Waals surface area contributed by atoms with Crippen LogP contribution in [0, 0.1) is 25.1 Å². The first kappa shape index (κ1) is 22.2. The van der Waals surface area contributed by atoms with Crippen molar-refractivity contribution in [3.05, 3.63) is 59.5 Å². The second kappa shape index (κ2) is 8.50. The highest BCUT2D eigenvalue weighted by Crippen LogP contribution is 2.32. The van der Waals surface area contributed by atoms with Crippen LogP contribution in [0.2, 0.25) is 0 Å². The Labute approximate surface area is 189 Å². The maximum atomic E-state index is 13.8. The first-order valence-electron chi connectivity index (χ1n) is 10.2. The number of aryl methyl sites for hydroxylation is 2. The van der Waals surface area contributed by atoms with E-state index in [0.29, 0.717) is 22.7 Å². The van der Waals surface area contributed by atoms with E-state index < -0.39 is 17.2 Å². The minimum absolute atomic E-state index is 0.00417. The zero-order valence-corrected chi connectivity index (χ0v) is 18.5. The van der Waals surface area contributed by atoms with Gasteiger partial charge in [0, 0.05) is 5.56 Å². The standard InChI is InChI=1S/C24H22FN3O5/c1-13-9-15(10-14(2)19(13)31-12-24(3,4)22(29)30)20-27-17-11-26-23(28-21(17)33-20)32-18-8-6-5-7-16(18)25/h5-11H,12H2,1-4H3,(H,29,30). The summed E-state index contributed by atoms with van der Waals surface area (Å²) in [6.07, 6.45) is 1.44. The summed E-state index contributed by atoms with van der Waals surface area (Å²) in [6, 6.07) is 9.57. The Morgan fingerprint density at radius 3 is 2.52 bits per heavy atom. The molecule has 2 aromatic heterocycles. The lowest BCUT2D eigenvalue weighted by Crippen LogP contribution is -2.30. The van der Waals surface area contributed by atoms with Crippen LogP contribution in [0.4, 0.5) is 4.39 Å². The van der Waals surface area contributed by atoms with Crippen LogP contribution >= 0.6 is 0 Å². The Hall–Kier alpha value is -4.01. The number of hydrogen-bond donors (Lipinski definition) is 1. The summed E-state index contributed by atoms with van der Waals surface area (Å²) in [4.78, 5) is 24.0. The van der Waals surface area contributed by atoms with Crippen LogP contribution in [0.1, 0.15) is 25.0 Å². The van der Waals surface area contributed by atoms with E-state index in [1.165, 1.54) is 18.3 Å². The zero-order valence-electron chi connectivity index (χ0n) is 18.5. The molecule has 0 aliphatic carbocycles. The molecule has 0 fully saturated rings. The molecule has 0 bridgehead atoms. The predicted octanol–water partition coefficient (Wildman–Crippen LogP) is 5.32. The first-order chi connectivity index (χ1) is 15.6. The summed E-state index contributed by atoms with van der Waals surface area (Å²) in [5.41, 5.74) is 1.92. The van der Waals surface area contributed by atoms with Crippen molar-refractivity contribution in [1.29, 1.82) is 0 Å². The lowest BCUT2D eigenvalue weighted by Gasteiger charge is -2.21. The lowest BCUT2D eigenvalue weighted by atomic mass is 9.95. The molecule has 33 heavy (non-hydrogen) atoms. The van der Waals surface area contributed by atoms with E-state index in [-0.39, 0.29) is 24.1 Å². The topological polar surface area (TPSA) is 108 Å². The van der Waals surface area contributed by atoms with E-state index in [1.54, 1.807) is 26.0 Å². The van der Waals surface area contributed by atoms with Crippen LogP contribution in [0.25, 0.3) is 22.7 Å². The molecule has 0 aliphatic rings. The van der Waals surface area contributed by atoms with E-state index in [1.807, 2.05) is 26.0 Å². The number of aromatic nitrogens is 3. The maximum Gasteiger partial charge on any atom is 0.325 e. The van der Waals surface area contributed by atoms with Gasteiger partial charge < -0.3 is 19.0 Å². The molecule has 8 nitrogen and oxygen atoms in total. The number of carboxylic acids is 1. The number of ether oxygens (including phenoxy) is 2. The molecule has 4 aromatic rings. The van der Waals surface area contributed by atoms with Gasteiger partial charge in [-0.1, -0.05) is 12.1 Å². The molecule has 0 saturated heterocycles. The van der Waals surface area contributed by atoms with Crippen molar-refractivity contribution in [1.82, 2.24) is 15.0 Å². The van der Waals surface area contributed by atoms with Crippen molar-refractivity contribution < 1.29 is 28.2 Å². The lowest BCUT2D eigenvalue weighted by molar-refractivity contribution is -0.148. The van der Waals surface area contributed by atoms with Crippen LogP contribution in [-0.2, 0) is 4.79 Å². The minimum Gasteiger partial charge on any atom is -0.492 e. The van der Waals surface area contributed by atoms with E-state index >= 15 is 0 Å². The van der Waals surface area contributed by atoms with Crippen LogP contribution in [0.5, 0.6) is 17.5 Å². The zero-order chi connectivity index (χ0) is 23.8. The van der Waals surface area contributed by atoms with Crippen molar-refractivity contribution in [2.75, 3.05) is 6.61 Å². The van der Waals surface area contributed by atoms with Crippen LogP contribution in [0.3, 0.4) is 0 Å². The molecule has 4 rings (SSSR count). The Bertz CT molecular complexity index is 1330. The molecule has 0 saturated carbocycles. The summed E-state index contributed by atoms with van der Waals surface area (Å²) in [5, 5.41) is 9.30. The second-order valence-electron chi connectivity index (χ2n) is 8.31. The Balaban J connectivity index is 1.59. The van der Waals surface area contributed by atoms with Gasteiger partial charge in [0.2, 0.25) is 5.89 Å². The molecule has 170 valence electrons. The summed E-state index contributed by atoms with van der Waals surface area (Å²) < 4.78 is 30.9. The monoisotopic (exact) mass is 451 g/mol. The highest BCUT2D eigenvalue weighted by Gasteiger charge is 2.28. The Morgan fingerprint density at radius 1 is 1.15 bits per heavy atom. The Kier molecular flexibility index (Phi) is 5.71. The fourth-order valence-electron chi connectivity index (χ4n) is 3.13. The van der Waals surface area contributed by atoms with Crippen LogP contribution in [-0.4, -0.2) is 32.6 Å². The average Bonchev–Trinajstić information content (AvgIpc) is 3.18. The number of carbonyl (C=O) groups is 1. The molecule has 1 N–H and O–H groups in total. The van der Waals surface area contributed by atoms with E-state index in [0.717, 1.165) is 11.1 Å². The number of oxazole rings is 1. The normalized spacial score (nSPS) is 11.5. The molecule has 0 amide bonds. The highest BCUT2D eigenvalue weighted by molar-refractivity contribution is 5.74. The fraction of sp³-hybridized carbons (Fsp3) is 0.250. The number of hydrogen-bond acceptors (Lipinski definition) is 7. The molecule has 0 unspecified atom stereocenters. The van der Waals surface area contributed by atoms with E-state index in [2.05, 4.69) is 15.0 Å². The largest absolute Gasteiger partial charge is 0.492 e.